The Morgan fingerprint density at radius 3 is 2.87 bits per heavy atom. The molecule has 1 N–H and O–H groups in total. The van der Waals surface area contributed by atoms with Crippen LogP contribution in [0.5, 0.6) is 0 Å². The minimum absolute atomic E-state index is 0.111. The second-order valence-electron chi connectivity index (χ2n) is 4.65. The predicted octanol–water partition coefficient (Wildman–Crippen LogP) is 2.97. The van der Waals surface area contributed by atoms with Crippen LogP contribution in [0.25, 0.3) is 5.52 Å². The van der Waals surface area contributed by atoms with E-state index < -0.39 is 4.92 Å². The number of nitro benzene ring substituents is 1. The molecule has 3 rings (SSSR count). The van der Waals surface area contributed by atoms with Crippen molar-refractivity contribution in [2.24, 2.45) is 0 Å². The van der Waals surface area contributed by atoms with Gasteiger partial charge in [0, 0.05) is 12.3 Å². The molecule has 0 radical (unpaired) electrons. The van der Waals surface area contributed by atoms with Gasteiger partial charge in [0.1, 0.15) is 5.69 Å². The maximum atomic E-state index is 12.0. The number of nitrogens with zero attached hydrogens (tertiary/aromatic N) is 3. The van der Waals surface area contributed by atoms with Gasteiger partial charge in [-0.25, -0.2) is 4.98 Å². The lowest BCUT2D eigenvalue weighted by Crippen LogP contribution is -2.15. The molecule has 23 heavy (non-hydrogen) atoms. The van der Waals surface area contributed by atoms with Gasteiger partial charge in [0.2, 0.25) is 5.91 Å². The number of fused-ring (bicyclic) bond motifs is 1. The standard InChI is InChI=1S/C15H12N4O3S/c20-14(17-12-6-1-2-7-13(12)19(21)22)10-23-15-16-9-11-5-3-4-8-18(11)15/h1-9H,10H2,(H,17,20). The highest BCUT2D eigenvalue weighted by atomic mass is 32.2. The number of benzene rings is 1. The van der Waals surface area contributed by atoms with E-state index in [1.54, 1.807) is 18.3 Å². The van der Waals surface area contributed by atoms with Crippen LogP contribution in [0.15, 0.2) is 60.0 Å². The largest absolute Gasteiger partial charge is 0.320 e. The summed E-state index contributed by atoms with van der Waals surface area (Å²) in [7, 11) is 0. The van der Waals surface area contributed by atoms with Gasteiger partial charge in [-0.1, -0.05) is 30.0 Å². The fraction of sp³-hybridized carbons (Fsp3) is 0.0667. The minimum atomic E-state index is -0.523. The first-order valence-corrected chi connectivity index (χ1v) is 7.72. The summed E-state index contributed by atoms with van der Waals surface area (Å²) < 4.78 is 1.88. The van der Waals surface area contributed by atoms with Crippen molar-refractivity contribution in [1.82, 2.24) is 9.38 Å². The summed E-state index contributed by atoms with van der Waals surface area (Å²) >= 11 is 1.27. The van der Waals surface area contributed by atoms with Gasteiger partial charge in [0.25, 0.3) is 5.69 Å². The molecule has 0 saturated heterocycles. The second-order valence-corrected chi connectivity index (χ2v) is 5.59. The molecule has 0 unspecified atom stereocenters. The molecule has 1 amide bonds. The fourth-order valence-electron chi connectivity index (χ4n) is 2.08. The van der Waals surface area contributed by atoms with Crippen molar-refractivity contribution in [1.29, 1.82) is 0 Å². The molecule has 2 aromatic heterocycles. The molecule has 8 heteroatoms. The predicted molar refractivity (Wildman–Crippen MR) is 87.6 cm³/mol. The van der Waals surface area contributed by atoms with E-state index in [-0.39, 0.29) is 23.0 Å². The Kier molecular flexibility index (Phi) is 4.24. The SMILES string of the molecule is O=C(CSc1ncc2ccccn12)Nc1ccccc1[N+](=O)[O-]. The van der Waals surface area contributed by atoms with Crippen molar-refractivity contribution >= 4 is 34.6 Å². The average Bonchev–Trinajstić information content (AvgIpc) is 2.96. The van der Waals surface area contributed by atoms with Crippen LogP contribution in [0.1, 0.15) is 0 Å². The van der Waals surface area contributed by atoms with Gasteiger partial charge in [-0.2, -0.15) is 0 Å². The number of pyridine rings is 1. The quantitative estimate of drug-likeness (QED) is 0.442. The first kappa shape index (κ1) is 15.0. The van der Waals surface area contributed by atoms with Crippen LogP contribution in [0.4, 0.5) is 11.4 Å². The molecular weight excluding hydrogens is 316 g/mol. The summed E-state index contributed by atoms with van der Waals surface area (Å²) in [6, 6.07) is 11.8. The Bertz CT molecular complexity index is 878. The highest BCUT2D eigenvalue weighted by molar-refractivity contribution is 7.99. The van der Waals surface area contributed by atoms with Crippen LogP contribution in [-0.2, 0) is 4.79 Å². The molecule has 0 fully saturated rings. The minimum Gasteiger partial charge on any atom is -0.320 e. The number of anilines is 1. The maximum absolute atomic E-state index is 12.0. The van der Waals surface area contributed by atoms with Gasteiger partial charge in [0.15, 0.2) is 5.16 Å². The Morgan fingerprint density at radius 2 is 2.04 bits per heavy atom. The number of aromatic nitrogens is 2. The van der Waals surface area contributed by atoms with Crippen LogP contribution in [0.3, 0.4) is 0 Å². The van der Waals surface area contributed by atoms with Crippen molar-refractivity contribution in [3.05, 3.63) is 65.0 Å². The lowest BCUT2D eigenvalue weighted by Gasteiger charge is -2.05. The zero-order chi connectivity index (χ0) is 16.2. The van der Waals surface area contributed by atoms with Gasteiger partial charge >= 0.3 is 0 Å². The van der Waals surface area contributed by atoms with Gasteiger partial charge in [-0.3, -0.25) is 19.3 Å². The van der Waals surface area contributed by atoms with E-state index >= 15 is 0 Å². The highest BCUT2D eigenvalue weighted by Crippen LogP contribution is 2.24. The molecule has 7 nitrogen and oxygen atoms in total. The van der Waals surface area contributed by atoms with E-state index in [1.165, 1.54) is 23.9 Å². The number of carbonyl (C=O) groups excluding carboxylic acids is 1. The van der Waals surface area contributed by atoms with Crippen molar-refractivity contribution in [2.75, 3.05) is 11.1 Å². The number of nitrogens with one attached hydrogen (secondary N) is 1. The summed E-state index contributed by atoms with van der Waals surface area (Å²) in [6.07, 6.45) is 3.59. The molecular formula is C15H12N4O3S. The van der Waals surface area contributed by atoms with Crippen molar-refractivity contribution < 1.29 is 9.72 Å². The topological polar surface area (TPSA) is 89.5 Å². The maximum Gasteiger partial charge on any atom is 0.292 e. The number of hydrogen-bond acceptors (Lipinski definition) is 5. The van der Waals surface area contributed by atoms with Crippen LogP contribution < -0.4 is 5.32 Å². The normalized spacial score (nSPS) is 10.6. The van der Waals surface area contributed by atoms with Crippen molar-refractivity contribution in [2.45, 2.75) is 5.16 Å². The summed E-state index contributed by atoms with van der Waals surface area (Å²) in [5.74, 6) is -0.211. The second kappa shape index (κ2) is 6.49. The summed E-state index contributed by atoms with van der Waals surface area (Å²) in [4.78, 5) is 26.7. The first-order valence-electron chi connectivity index (χ1n) is 6.73. The molecule has 0 aliphatic carbocycles. The summed E-state index contributed by atoms with van der Waals surface area (Å²) in [5, 5.41) is 14.2. The van der Waals surface area contributed by atoms with E-state index in [1.807, 2.05) is 28.8 Å². The number of nitro groups is 1. The number of imidazole rings is 1. The number of thioether (sulfide) groups is 1. The molecule has 0 aliphatic rings. The third kappa shape index (κ3) is 3.32. The van der Waals surface area contributed by atoms with Gasteiger partial charge < -0.3 is 5.32 Å². The van der Waals surface area contributed by atoms with E-state index in [2.05, 4.69) is 10.3 Å². The molecule has 1 aromatic carbocycles. The fourth-order valence-corrected chi connectivity index (χ4v) is 2.85. The molecule has 0 spiro atoms. The average molecular weight is 328 g/mol. The van der Waals surface area contributed by atoms with Gasteiger partial charge in [-0.05, 0) is 18.2 Å². The van der Waals surface area contributed by atoms with Crippen LogP contribution in [0, 0.1) is 10.1 Å². The van der Waals surface area contributed by atoms with Gasteiger partial charge in [0.05, 0.1) is 22.4 Å². The van der Waals surface area contributed by atoms with E-state index in [0.29, 0.717) is 5.16 Å². The van der Waals surface area contributed by atoms with E-state index in [9.17, 15) is 14.9 Å². The zero-order valence-electron chi connectivity index (χ0n) is 11.9. The smallest absolute Gasteiger partial charge is 0.292 e. The lowest BCUT2D eigenvalue weighted by atomic mass is 10.2. The molecule has 0 bridgehead atoms. The Hall–Kier alpha value is -2.87. The number of para-hydroxylation sites is 2. The number of hydrogen-bond donors (Lipinski definition) is 1. The monoisotopic (exact) mass is 328 g/mol. The third-order valence-corrected chi connectivity index (χ3v) is 4.08. The Labute approximate surface area is 135 Å². The molecule has 0 aliphatic heterocycles. The first-order chi connectivity index (χ1) is 11.1. The molecule has 116 valence electrons. The van der Waals surface area contributed by atoms with Gasteiger partial charge in [-0.15, -0.1) is 0 Å². The molecule has 0 atom stereocenters. The zero-order valence-corrected chi connectivity index (χ0v) is 12.7. The molecule has 0 saturated carbocycles. The summed E-state index contributed by atoms with van der Waals surface area (Å²) in [6.45, 7) is 0. The van der Waals surface area contributed by atoms with Crippen LogP contribution in [-0.4, -0.2) is 26.0 Å². The Balaban J connectivity index is 1.68. The molecule has 2 heterocycles. The summed E-state index contributed by atoms with van der Waals surface area (Å²) in [5.41, 5.74) is 1.00. The van der Waals surface area contributed by atoms with Crippen molar-refractivity contribution in [3.63, 3.8) is 0 Å². The highest BCUT2D eigenvalue weighted by Gasteiger charge is 2.15. The third-order valence-electron chi connectivity index (χ3n) is 3.11. The van der Waals surface area contributed by atoms with Crippen LogP contribution in [0.2, 0.25) is 0 Å². The van der Waals surface area contributed by atoms with Crippen molar-refractivity contribution in [3.8, 4) is 0 Å². The van der Waals surface area contributed by atoms with E-state index in [4.69, 9.17) is 0 Å². The number of rotatable bonds is 5. The molecule has 3 aromatic rings. The Morgan fingerprint density at radius 1 is 1.26 bits per heavy atom. The number of carbonyl (C=O) groups is 1. The number of amides is 1. The van der Waals surface area contributed by atoms with Crippen LogP contribution >= 0.6 is 11.8 Å². The van der Waals surface area contributed by atoms with E-state index in [0.717, 1.165) is 5.52 Å². The lowest BCUT2D eigenvalue weighted by molar-refractivity contribution is -0.383.